The van der Waals surface area contributed by atoms with Crippen molar-refractivity contribution in [2.75, 3.05) is 5.73 Å². The summed E-state index contributed by atoms with van der Waals surface area (Å²) in [5.74, 6) is 0.889. The summed E-state index contributed by atoms with van der Waals surface area (Å²) >= 11 is 0. The quantitative estimate of drug-likeness (QED) is 0.473. The van der Waals surface area contributed by atoms with Crippen LogP contribution in [-0.2, 0) is 0 Å². The second-order valence-corrected chi connectivity index (χ2v) is 4.61. The first kappa shape index (κ1) is 11.7. The van der Waals surface area contributed by atoms with Crippen LogP contribution in [0.5, 0.6) is 0 Å². The van der Waals surface area contributed by atoms with E-state index in [9.17, 15) is 0 Å². The van der Waals surface area contributed by atoms with E-state index < -0.39 is 0 Å². The summed E-state index contributed by atoms with van der Waals surface area (Å²) in [6.45, 7) is 4.04. The SMILES string of the molecule is C=C(N=CN)C(c1cccc(N)c1)C1CCC1. The smallest absolute Gasteiger partial charge is 0.0856 e. The molecule has 1 saturated carbocycles. The van der Waals surface area contributed by atoms with Gasteiger partial charge in [0.2, 0.25) is 0 Å². The van der Waals surface area contributed by atoms with Crippen LogP contribution in [0.4, 0.5) is 5.69 Å². The molecule has 3 heteroatoms. The largest absolute Gasteiger partial charge is 0.399 e. The minimum Gasteiger partial charge on any atom is -0.399 e. The van der Waals surface area contributed by atoms with Crippen LogP contribution in [0.2, 0.25) is 0 Å². The van der Waals surface area contributed by atoms with Crippen molar-refractivity contribution in [3.05, 3.63) is 42.1 Å². The van der Waals surface area contributed by atoms with Crippen LogP contribution in [0.3, 0.4) is 0 Å². The molecule has 0 amide bonds. The minimum atomic E-state index is 0.257. The van der Waals surface area contributed by atoms with Crippen molar-refractivity contribution < 1.29 is 0 Å². The molecule has 1 fully saturated rings. The van der Waals surface area contributed by atoms with Crippen LogP contribution < -0.4 is 11.5 Å². The van der Waals surface area contributed by atoms with Gasteiger partial charge in [0.1, 0.15) is 0 Å². The van der Waals surface area contributed by atoms with E-state index in [4.69, 9.17) is 11.5 Å². The first-order valence-corrected chi connectivity index (χ1v) is 6.01. The molecule has 1 atom stereocenters. The van der Waals surface area contributed by atoms with Gasteiger partial charge in [0.25, 0.3) is 0 Å². The predicted octanol–water partition coefficient (Wildman–Crippen LogP) is 2.65. The lowest BCUT2D eigenvalue weighted by Gasteiger charge is -2.34. The van der Waals surface area contributed by atoms with Crippen molar-refractivity contribution in [3.63, 3.8) is 0 Å². The topological polar surface area (TPSA) is 64.4 Å². The number of benzene rings is 1. The van der Waals surface area contributed by atoms with E-state index in [1.165, 1.54) is 31.2 Å². The molecule has 0 saturated heterocycles. The van der Waals surface area contributed by atoms with E-state index in [0.29, 0.717) is 5.92 Å². The fourth-order valence-corrected chi connectivity index (χ4v) is 2.44. The molecule has 1 aliphatic carbocycles. The summed E-state index contributed by atoms with van der Waals surface area (Å²) in [7, 11) is 0. The maximum atomic E-state index is 5.84. The number of nitrogens with zero attached hydrogens (tertiary/aromatic N) is 1. The third kappa shape index (κ3) is 2.49. The molecule has 17 heavy (non-hydrogen) atoms. The van der Waals surface area contributed by atoms with Gasteiger partial charge in [0.05, 0.1) is 6.34 Å². The molecule has 0 spiro atoms. The standard InChI is InChI=1S/C14H19N3/c1-10(17-9-15)14(11-4-2-5-11)12-6-3-7-13(16)8-12/h3,6-9,11,14H,1-2,4-5,16H2,(H2,15,17). The molecular formula is C14H19N3. The molecule has 90 valence electrons. The van der Waals surface area contributed by atoms with Crippen LogP contribution in [-0.4, -0.2) is 6.34 Å². The van der Waals surface area contributed by atoms with Gasteiger partial charge in [-0.05, 0) is 36.5 Å². The second-order valence-electron chi connectivity index (χ2n) is 4.61. The third-order valence-electron chi connectivity index (χ3n) is 3.49. The Bertz CT molecular complexity index is 433. The number of anilines is 1. The lowest BCUT2D eigenvalue weighted by atomic mass is 9.72. The first-order valence-electron chi connectivity index (χ1n) is 6.01. The van der Waals surface area contributed by atoms with Gasteiger partial charge in [0.15, 0.2) is 0 Å². The maximum absolute atomic E-state index is 5.84. The van der Waals surface area contributed by atoms with Crippen molar-refractivity contribution in [3.8, 4) is 0 Å². The van der Waals surface area contributed by atoms with Gasteiger partial charge in [-0.2, -0.15) is 0 Å². The fraction of sp³-hybridized carbons (Fsp3) is 0.357. The minimum absolute atomic E-state index is 0.257. The lowest BCUT2D eigenvalue weighted by molar-refractivity contribution is 0.281. The Morgan fingerprint density at radius 2 is 2.24 bits per heavy atom. The molecule has 1 aliphatic rings. The number of nitrogens with two attached hydrogens (primary N) is 2. The summed E-state index contributed by atoms with van der Waals surface area (Å²) in [5.41, 5.74) is 14.0. The van der Waals surface area contributed by atoms with Gasteiger partial charge >= 0.3 is 0 Å². The third-order valence-corrected chi connectivity index (χ3v) is 3.49. The van der Waals surface area contributed by atoms with Gasteiger partial charge in [0, 0.05) is 17.3 Å². The second kappa shape index (κ2) is 5.04. The zero-order valence-corrected chi connectivity index (χ0v) is 9.97. The molecule has 0 bridgehead atoms. The van der Waals surface area contributed by atoms with E-state index in [1.54, 1.807) is 0 Å². The fourth-order valence-electron chi connectivity index (χ4n) is 2.44. The van der Waals surface area contributed by atoms with Crippen molar-refractivity contribution in [1.29, 1.82) is 0 Å². The molecule has 0 heterocycles. The van der Waals surface area contributed by atoms with Crippen molar-refractivity contribution in [2.45, 2.75) is 25.2 Å². The summed E-state index contributed by atoms with van der Waals surface area (Å²) in [5, 5.41) is 0. The molecule has 3 nitrogen and oxygen atoms in total. The molecule has 4 N–H and O–H groups in total. The van der Waals surface area contributed by atoms with E-state index in [0.717, 1.165) is 11.4 Å². The van der Waals surface area contributed by atoms with Crippen LogP contribution in [0.25, 0.3) is 0 Å². The Balaban J connectivity index is 2.29. The Hall–Kier alpha value is -1.77. The lowest BCUT2D eigenvalue weighted by Crippen LogP contribution is -2.21. The Labute approximate surface area is 102 Å². The van der Waals surface area contributed by atoms with E-state index in [1.807, 2.05) is 18.2 Å². The zero-order chi connectivity index (χ0) is 12.3. The normalized spacial score (nSPS) is 17.9. The average Bonchev–Trinajstić information content (AvgIpc) is 2.23. The van der Waals surface area contributed by atoms with Crippen LogP contribution in [0.1, 0.15) is 30.7 Å². The summed E-state index contributed by atoms with van der Waals surface area (Å²) in [6, 6.07) is 7.99. The van der Waals surface area contributed by atoms with Gasteiger partial charge in [-0.3, -0.25) is 0 Å². The summed E-state index contributed by atoms with van der Waals surface area (Å²) in [4.78, 5) is 4.15. The highest BCUT2D eigenvalue weighted by molar-refractivity contribution is 5.54. The van der Waals surface area contributed by atoms with E-state index in [2.05, 4.69) is 17.6 Å². The van der Waals surface area contributed by atoms with E-state index >= 15 is 0 Å². The van der Waals surface area contributed by atoms with Gasteiger partial charge in [-0.15, -0.1) is 0 Å². The summed E-state index contributed by atoms with van der Waals surface area (Å²) in [6.07, 6.45) is 5.08. The molecule has 1 aromatic carbocycles. The highest BCUT2D eigenvalue weighted by Crippen LogP contribution is 2.43. The van der Waals surface area contributed by atoms with Crippen LogP contribution >= 0.6 is 0 Å². The Morgan fingerprint density at radius 3 is 2.76 bits per heavy atom. The number of nitrogen functional groups attached to an aromatic ring is 1. The van der Waals surface area contributed by atoms with Gasteiger partial charge in [-0.1, -0.05) is 25.1 Å². The van der Waals surface area contributed by atoms with Crippen molar-refractivity contribution in [1.82, 2.24) is 0 Å². The number of rotatable bonds is 4. The molecule has 0 aliphatic heterocycles. The highest BCUT2D eigenvalue weighted by atomic mass is 14.8. The first-order chi connectivity index (χ1) is 8.22. The zero-order valence-electron chi connectivity index (χ0n) is 9.97. The molecule has 1 unspecified atom stereocenters. The highest BCUT2D eigenvalue weighted by Gasteiger charge is 2.30. The molecular weight excluding hydrogens is 210 g/mol. The van der Waals surface area contributed by atoms with Gasteiger partial charge < -0.3 is 11.5 Å². The predicted molar refractivity (Wildman–Crippen MR) is 72.8 cm³/mol. The van der Waals surface area contributed by atoms with Crippen molar-refractivity contribution in [2.24, 2.45) is 16.6 Å². The molecule has 1 aromatic rings. The number of hydrogen-bond acceptors (Lipinski definition) is 2. The molecule has 0 aromatic heterocycles. The monoisotopic (exact) mass is 229 g/mol. The summed E-state index contributed by atoms with van der Waals surface area (Å²) < 4.78 is 0. The van der Waals surface area contributed by atoms with E-state index in [-0.39, 0.29) is 5.92 Å². The van der Waals surface area contributed by atoms with Crippen LogP contribution in [0, 0.1) is 5.92 Å². The number of hydrogen-bond donors (Lipinski definition) is 2. The maximum Gasteiger partial charge on any atom is 0.0856 e. The number of allylic oxidation sites excluding steroid dienone is 1. The average molecular weight is 229 g/mol. The van der Waals surface area contributed by atoms with Crippen LogP contribution in [0.15, 0.2) is 41.5 Å². The number of aliphatic imine (C=N–C) groups is 1. The van der Waals surface area contributed by atoms with Crippen molar-refractivity contribution >= 4 is 12.0 Å². The molecule has 2 rings (SSSR count). The Kier molecular flexibility index (Phi) is 3.47. The molecule has 0 radical (unpaired) electrons. The van der Waals surface area contributed by atoms with Gasteiger partial charge in [-0.25, -0.2) is 4.99 Å². The Morgan fingerprint density at radius 1 is 1.47 bits per heavy atom.